The summed E-state index contributed by atoms with van der Waals surface area (Å²) in [4.78, 5) is 27.9. The summed E-state index contributed by atoms with van der Waals surface area (Å²) in [5, 5.41) is 5.51. The summed E-state index contributed by atoms with van der Waals surface area (Å²) in [7, 11) is 0. The van der Waals surface area contributed by atoms with E-state index in [0.29, 0.717) is 18.0 Å². The predicted octanol–water partition coefficient (Wildman–Crippen LogP) is 2.50. The van der Waals surface area contributed by atoms with Gasteiger partial charge in [-0.15, -0.1) is 0 Å². The molecule has 5 heteroatoms. The van der Waals surface area contributed by atoms with Crippen molar-refractivity contribution in [2.24, 2.45) is 5.92 Å². The molecule has 1 aliphatic rings. The molecule has 1 saturated carbocycles. The quantitative estimate of drug-likeness (QED) is 0.875. The molecule has 0 spiro atoms. The van der Waals surface area contributed by atoms with Crippen molar-refractivity contribution in [1.82, 2.24) is 10.3 Å². The fraction of sp³-hybridized carbons (Fsp3) is 0.562. The third-order valence-corrected chi connectivity index (χ3v) is 3.90. The topological polar surface area (TPSA) is 71.1 Å². The highest BCUT2D eigenvalue weighted by Gasteiger charge is 2.20. The van der Waals surface area contributed by atoms with Crippen molar-refractivity contribution in [1.29, 1.82) is 0 Å². The minimum atomic E-state index is -0.540. The molecule has 0 saturated heterocycles. The minimum absolute atomic E-state index is 0.0317. The Balaban J connectivity index is 1.75. The highest BCUT2D eigenvalue weighted by molar-refractivity contribution is 5.96. The zero-order chi connectivity index (χ0) is 15.1. The Kier molecular flexibility index (Phi) is 5.72. The van der Waals surface area contributed by atoms with Gasteiger partial charge in [0, 0.05) is 12.6 Å². The van der Waals surface area contributed by atoms with E-state index in [1.54, 1.807) is 31.5 Å². The van der Waals surface area contributed by atoms with Gasteiger partial charge in [-0.3, -0.25) is 14.6 Å². The second-order valence-corrected chi connectivity index (χ2v) is 5.73. The minimum Gasteiger partial charge on any atom is -0.345 e. The van der Waals surface area contributed by atoms with Crippen LogP contribution in [-0.4, -0.2) is 22.8 Å². The number of hydrogen-bond acceptors (Lipinski definition) is 3. The lowest BCUT2D eigenvalue weighted by Gasteiger charge is -2.22. The molecule has 1 fully saturated rings. The number of hydrogen-bond donors (Lipinski definition) is 2. The molecule has 2 rings (SSSR count). The Morgan fingerprint density at radius 1 is 1.33 bits per heavy atom. The van der Waals surface area contributed by atoms with Gasteiger partial charge in [0.2, 0.25) is 11.8 Å². The number of carbonyl (C=O) groups excluding carboxylic acids is 2. The fourth-order valence-corrected chi connectivity index (χ4v) is 2.71. The number of amides is 2. The van der Waals surface area contributed by atoms with E-state index in [2.05, 4.69) is 15.6 Å². The maximum absolute atomic E-state index is 12.0. The molecule has 0 radical (unpaired) electrons. The molecule has 0 aromatic carbocycles. The maximum Gasteiger partial charge on any atom is 0.246 e. The summed E-state index contributed by atoms with van der Waals surface area (Å²) in [6.45, 7) is 1.70. The Morgan fingerprint density at radius 3 is 2.76 bits per heavy atom. The number of carbonyl (C=O) groups is 2. The average Bonchev–Trinajstić information content (AvgIpc) is 2.49. The van der Waals surface area contributed by atoms with Crippen LogP contribution in [0.2, 0.25) is 0 Å². The summed E-state index contributed by atoms with van der Waals surface area (Å²) in [6, 6.07) is 2.98. The third kappa shape index (κ3) is 5.17. The Morgan fingerprint density at radius 2 is 2.10 bits per heavy atom. The lowest BCUT2D eigenvalue weighted by atomic mass is 9.87. The summed E-state index contributed by atoms with van der Waals surface area (Å²) < 4.78 is 0. The van der Waals surface area contributed by atoms with E-state index >= 15 is 0 Å². The fourth-order valence-electron chi connectivity index (χ4n) is 2.71. The van der Waals surface area contributed by atoms with E-state index in [9.17, 15) is 9.59 Å². The Hall–Kier alpha value is -1.91. The normalized spacial score (nSPS) is 17.0. The monoisotopic (exact) mass is 289 g/mol. The van der Waals surface area contributed by atoms with Crippen LogP contribution in [0.3, 0.4) is 0 Å². The van der Waals surface area contributed by atoms with Gasteiger partial charge in [0.1, 0.15) is 6.04 Å². The van der Waals surface area contributed by atoms with E-state index in [4.69, 9.17) is 0 Å². The summed E-state index contributed by atoms with van der Waals surface area (Å²) >= 11 is 0. The zero-order valence-corrected chi connectivity index (χ0v) is 12.5. The van der Waals surface area contributed by atoms with Crippen molar-refractivity contribution in [2.75, 3.05) is 5.32 Å². The molecule has 114 valence electrons. The molecule has 1 unspecified atom stereocenters. The summed E-state index contributed by atoms with van der Waals surface area (Å²) in [6.07, 6.45) is 9.73. The number of anilines is 1. The number of aromatic nitrogens is 1. The van der Waals surface area contributed by atoms with Crippen molar-refractivity contribution in [3.63, 3.8) is 0 Å². The molecule has 5 nitrogen and oxygen atoms in total. The zero-order valence-electron chi connectivity index (χ0n) is 12.5. The van der Waals surface area contributed by atoms with Gasteiger partial charge in [0.05, 0.1) is 11.9 Å². The van der Waals surface area contributed by atoms with Gasteiger partial charge in [0.15, 0.2) is 0 Å². The van der Waals surface area contributed by atoms with Crippen LogP contribution >= 0.6 is 0 Å². The molecule has 1 atom stereocenters. The van der Waals surface area contributed by atoms with Gasteiger partial charge >= 0.3 is 0 Å². The highest BCUT2D eigenvalue weighted by Crippen LogP contribution is 2.26. The van der Waals surface area contributed by atoms with Crippen LogP contribution in [0.5, 0.6) is 0 Å². The molecule has 1 aliphatic carbocycles. The number of rotatable bonds is 5. The van der Waals surface area contributed by atoms with Crippen molar-refractivity contribution >= 4 is 17.5 Å². The molecular weight excluding hydrogens is 266 g/mol. The van der Waals surface area contributed by atoms with E-state index in [-0.39, 0.29) is 11.8 Å². The van der Waals surface area contributed by atoms with E-state index < -0.39 is 6.04 Å². The molecule has 1 aromatic rings. The van der Waals surface area contributed by atoms with Crippen LogP contribution in [0.4, 0.5) is 5.69 Å². The second-order valence-electron chi connectivity index (χ2n) is 5.73. The molecule has 21 heavy (non-hydrogen) atoms. The molecule has 1 aromatic heterocycles. The lowest BCUT2D eigenvalue weighted by molar-refractivity contribution is -0.126. The number of pyridine rings is 1. The highest BCUT2D eigenvalue weighted by atomic mass is 16.2. The summed E-state index contributed by atoms with van der Waals surface area (Å²) in [5.41, 5.74) is 0.635. The van der Waals surface area contributed by atoms with Gasteiger partial charge in [0.25, 0.3) is 0 Å². The van der Waals surface area contributed by atoms with E-state index in [1.165, 1.54) is 19.3 Å². The van der Waals surface area contributed by atoms with Gasteiger partial charge in [-0.2, -0.15) is 0 Å². The molecular formula is C16H23N3O2. The maximum atomic E-state index is 12.0. The van der Waals surface area contributed by atoms with Crippen LogP contribution in [0.25, 0.3) is 0 Å². The van der Waals surface area contributed by atoms with Crippen molar-refractivity contribution in [2.45, 2.75) is 51.5 Å². The predicted molar refractivity (Wildman–Crippen MR) is 81.7 cm³/mol. The molecule has 0 aliphatic heterocycles. The van der Waals surface area contributed by atoms with Crippen molar-refractivity contribution in [3.8, 4) is 0 Å². The van der Waals surface area contributed by atoms with Gasteiger partial charge in [-0.25, -0.2) is 0 Å². The number of nitrogens with one attached hydrogen (secondary N) is 2. The third-order valence-electron chi connectivity index (χ3n) is 3.90. The number of nitrogens with zero attached hydrogens (tertiary/aromatic N) is 1. The van der Waals surface area contributed by atoms with Crippen LogP contribution < -0.4 is 10.6 Å². The molecule has 1 heterocycles. The smallest absolute Gasteiger partial charge is 0.246 e. The van der Waals surface area contributed by atoms with Crippen molar-refractivity contribution < 1.29 is 9.59 Å². The van der Waals surface area contributed by atoms with Gasteiger partial charge in [-0.05, 0) is 37.8 Å². The average molecular weight is 289 g/mol. The van der Waals surface area contributed by atoms with Crippen LogP contribution in [-0.2, 0) is 9.59 Å². The van der Waals surface area contributed by atoms with E-state index in [1.807, 2.05) is 0 Å². The molecule has 2 amide bonds. The Labute approximate surface area is 125 Å². The van der Waals surface area contributed by atoms with Crippen molar-refractivity contribution in [3.05, 3.63) is 24.5 Å². The molecule has 0 bridgehead atoms. The standard InChI is InChI=1S/C16H23N3O2/c1-12(16(21)19-14-8-5-9-17-11-14)18-15(20)10-13-6-3-2-4-7-13/h5,8-9,11-13H,2-4,6-7,10H2,1H3,(H,18,20)(H,19,21). The summed E-state index contributed by atoms with van der Waals surface area (Å²) in [5.74, 6) is 0.225. The van der Waals surface area contributed by atoms with Crippen LogP contribution in [0.1, 0.15) is 45.4 Å². The first-order valence-corrected chi connectivity index (χ1v) is 7.65. The van der Waals surface area contributed by atoms with Gasteiger partial charge in [-0.1, -0.05) is 19.3 Å². The first-order chi connectivity index (χ1) is 10.1. The van der Waals surface area contributed by atoms with Crippen LogP contribution in [0.15, 0.2) is 24.5 Å². The second kappa shape index (κ2) is 7.76. The molecule has 2 N–H and O–H groups in total. The van der Waals surface area contributed by atoms with E-state index in [0.717, 1.165) is 12.8 Å². The first-order valence-electron chi connectivity index (χ1n) is 7.65. The SMILES string of the molecule is CC(NC(=O)CC1CCCCC1)C(=O)Nc1cccnc1. The Bertz CT molecular complexity index is 470. The van der Waals surface area contributed by atoms with Gasteiger partial charge < -0.3 is 10.6 Å². The largest absolute Gasteiger partial charge is 0.345 e. The first kappa shape index (κ1) is 15.5. The lowest BCUT2D eigenvalue weighted by Crippen LogP contribution is -2.42. The van der Waals surface area contributed by atoms with Crippen LogP contribution in [0, 0.1) is 5.92 Å².